The summed E-state index contributed by atoms with van der Waals surface area (Å²) in [6.07, 6.45) is 0. The SMILES string of the molecule is CC(C(=O)O)N(Cc1ccccc1)C(=O)CN1CSCC1=O. The van der Waals surface area contributed by atoms with E-state index in [1.807, 2.05) is 30.3 Å². The molecule has 1 aromatic rings. The Morgan fingerprint density at radius 2 is 2.05 bits per heavy atom. The zero-order valence-corrected chi connectivity index (χ0v) is 13.1. The Bertz CT molecular complexity index is 564. The van der Waals surface area contributed by atoms with Crippen molar-refractivity contribution in [1.82, 2.24) is 9.80 Å². The van der Waals surface area contributed by atoms with Gasteiger partial charge in [0.2, 0.25) is 11.8 Å². The summed E-state index contributed by atoms with van der Waals surface area (Å²) in [5.74, 6) is -0.645. The van der Waals surface area contributed by atoms with Crippen molar-refractivity contribution in [3.63, 3.8) is 0 Å². The third kappa shape index (κ3) is 4.00. The van der Waals surface area contributed by atoms with Gasteiger partial charge in [0.05, 0.1) is 11.6 Å². The number of hydrogen-bond acceptors (Lipinski definition) is 4. The summed E-state index contributed by atoms with van der Waals surface area (Å²) in [6.45, 7) is 1.61. The number of benzene rings is 1. The van der Waals surface area contributed by atoms with E-state index in [0.29, 0.717) is 11.6 Å². The number of carboxylic acids is 1. The van der Waals surface area contributed by atoms with E-state index < -0.39 is 12.0 Å². The first kappa shape index (κ1) is 16.4. The number of thioether (sulfide) groups is 1. The van der Waals surface area contributed by atoms with Gasteiger partial charge in [-0.1, -0.05) is 30.3 Å². The zero-order valence-electron chi connectivity index (χ0n) is 12.3. The molecule has 1 aliphatic rings. The summed E-state index contributed by atoms with van der Waals surface area (Å²) in [5, 5.41) is 9.21. The fraction of sp³-hybridized carbons (Fsp3) is 0.400. The van der Waals surface area contributed by atoms with Crippen LogP contribution in [0.2, 0.25) is 0 Å². The summed E-state index contributed by atoms with van der Waals surface area (Å²) in [5.41, 5.74) is 0.853. The van der Waals surface area contributed by atoms with E-state index in [4.69, 9.17) is 0 Å². The monoisotopic (exact) mass is 322 g/mol. The minimum absolute atomic E-state index is 0.0731. The standard InChI is InChI=1S/C15H18N2O4S/c1-11(15(20)21)17(7-12-5-3-2-4-6-12)13(18)8-16-10-22-9-14(16)19/h2-6,11H,7-10H2,1H3,(H,20,21). The molecule has 118 valence electrons. The minimum Gasteiger partial charge on any atom is -0.480 e. The van der Waals surface area contributed by atoms with Crippen LogP contribution in [0.25, 0.3) is 0 Å². The van der Waals surface area contributed by atoms with E-state index in [1.165, 1.54) is 28.5 Å². The quantitative estimate of drug-likeness (QED) is 0.846. The largest absolute Gasteiger partial charge is 0.480 e. The zero-order chi connectivity index (χ0) is 16.1. The van der Waals surface area contributed by atoms with Gasteiger partial charge >= 0.3 is 5.97 Å². The lowest BCUT2D eigenvalue weighted by Gasteiger charge is -2.28. The fourth-order valence-electron chi connectivity index (χ4n) is 2.15. The number of carbonyl (C=O) groups is 3. The first-order valence-corrected chi connectivity index (χ1v) is 8.06. The van der Waals surface area contributed by atoms with Gasteiger partial charge in [0.15, 0.2) is 0 Å². The van der Waals surface area contributed by atoms with Crippen LogP contribution in [0.5, 0.6) is 0 Å². The highest BCUT2D eigenvalue weighted by molar-refractivity contribution is 8.00. The van der Waals surface area contributed by atoms with E-state index in [0.717, 1.165) is 5.56 Å². The van der Waals surface area contributed by atoms with Crippen molar-refractivity contribution in [1.29, 1.82) is 0 Å². The Morgan fingerprint density at radius 1 is 1.36 bits per heavy atom. The van der Waals surface area contributed by atoms with Crippen LogP contribution in [0.1, 0.15) is 12.5 Å². The Labute approximate surface area is 133 Å². The predicted molar refractivity (Wildman–Crippen MR) is 83.1 cm³/mol. The van der Waals surface area contributed by atoms with E-state index in [1.54, 1.807) is 0 Å². The molecule has 22 heavy (non-hydrogen) atoms. The van der Waals surface area contributed by atoms with Gasteiger partial charge in [-0.05, 0) is 12.5 Å². The van der Waals surface area contributed by atoms with Crippen LogP contribution >= 0.6 is 11.8 Å². The first-order chi connectivity index (χ1) is 10.5. The van der Waals surface area contributed by atoms with Gasteiger partial charge in [0.25, 0.3) is 0 Å². The van der Waals surface area contributed by atoms with Crippen molar-refractivity contribution in [3.05, 3.63) is 35.9 Å². The van der Waals surface area contributed by atoms with E-state index in [2.05, 4.69) is 0 Å². The molecule has 0 saturated carbocycles. The second kappa shape index (κ2) is 7.31. The van der Waals surface area contributed by atoms with Crippen LogP contribution in [-0.4, -0.2) is 56.9 Å². The number of carbonyl (C=O) groups excluding carboxylic acids is 2. The lowest BCUT2D eigenvalue weighted by Crippen LogP contribution is -2.47. The molecule has 0 aliphatic carbocycles. The van der Waals surface area contributed by atoms with Gasteiger partial charge in [-0.2, -0.15) is 0 Å². The molecule has 0 spiro atoms. The normalized spacial score (nSPS) is 15.7. The van der Waals surface area contributed by atoms with Gasteiger partial charge in [-0.15, -0.1) is 11.8 Å². The molecule has 0 radical (unpaired) electrons. The topological polar surface area (TPSA) is 77.9 Å². The highest BCUT2D eigenvalue weighted by Gasteiger charge is 2.30. The van der Waals surface area contributed by atoms with Crippen LogP contribution < -0.4 is 0 Å². The van der Waals surface area contributed by atoms with Crippen LogP contribution in [0, 0.1) is 0 Å². The van der Waals surface area contributed by atoms with Crippen molar-refractivity contribution in [2.45, 2.75) is 19.5 Å². The molecule has 2 amide bonds. The van der Waals surface area contributed by atoms with Crippen LogP contribution in [0.4, 0.5) is 0 Å². The number of amides is 2. The van der Waals surface area contributed by atoms with Crippen molar-refractivity contribution in [2.24, 2.45) is 0 Å². The first-order valence-electron chi connectivity index (χ1n) is 6.90. The highest BCUT2D eigenvalue weighted by atomic mass is 32.2. The van der Waals surface area contributed by atoms with E-state index in [9.17, 15) is 19.5 Å². The number of aliphatic carboxylic acids is 1. The molecule has 1 atom stereocenters. The van der Waals surface area contributed by atoms with Crippen LogP contribution in [0.15, 0.2) is 30.3 Å². The maximum Gasteiger partial charge on any atom is 0.326 e. The Balaban J connectivity index is 2.11. The van der Waals surface area contributed by atoms with E-state index >= 15 is 0 Å². The van der Waals surface area contributed by atoms with Gasteiger partial charge < -0.3 is 14.9 Å². The molecule has 7 heteroatoms. The predicted octanol–water partition coefficient (Wildman–Crippen LogP) is 1.02. The molecule has 1 heterocycles. The molecule has 0 aromatic heterocycles. The van der Waals surface area contributed by atoms with Crippen LogP contribution in [0.3, 0.4) is 0 Å². The van der Waals surface area contributed by atoms with Gasteiger partial charge in [0.1, 0.15) is 12.6 Å². The lowest BCUT2D eigenvalue weighted by molar-refractivity contribution is -0.151. The number of rotatable bonds is 6. The third-order valence-corrected chi connectivity index (χ3v) is 4.44. The Morgan fingerprint density at radius 3 is 2.59 bits per heavy atom. The molecule has 1 N–H and O–H groups in total. The highest BCUT2D eigenvalue weighted by Crippen LogP contribution is 2.16. The summed E-state index contributed by atoms with van der Waals surface area (Å²) >= 11 is 1.45. The summed E-state index contributed by atoms with van der Waals surface area (Å²) in [7, 11) is 0. The van der Waals surface area contributed by atoms with Crippen molar-refractivity contribution >= 4 is 29.5 Å². The molecule has 2 rings (SSSR count). The van der Waals surface area contributed by atoms with Crippen molar-refractivity contribution < 1.29 is 19.5 Å². The molecule has 1 unspecified atom stereocenters. The second-order valence-electron chi connectivity index (χ2n) is 5.09. The molecule has 6 nitrogen and oxygen atoms in total. The lowest BCUT2D eigenvalue weighted by atomic mass is 10.1. The van der Waals surface area contributed by atoms with Crippen molar-refractivity contribution in [3.8, 4) is 0 Å². The van der Waals surface area contributed by atoms with Gasteiger partial charge in [-0.25, -0.2) is 4.79 Å². The molecule has 1 aromatic carbocycles. The van der Waals surface area contributed by atoms with Gasteiger partial charge in [-0.3, -0.25) is 9.59 Å². The Hall–Kier alpha value is -2.02. The third-order valence-electron chi connectivity index (χ3n) is 3.49. The number of hydrogen-bond donors (Lipinski definition) is 1. The van der Waals surface area contributed by atoms with Crippen LogP contribution in [-0.2, 0) is 20.9 Å². The van der Waals surface area contributed by atoms with Gasteiger partial charge in [0, 0.05) is 6.54 Å². The maximum atomic E-state index is 12.5. The van der Waals surface area contributed by atoms with E-state index in [-0.39, 0.29) is 24.9 Å². The average molecular weight is 322 g/mol. The molecule has 1 saturated heterocycles. The average Bonchev–Trinajstić information content (AvgIpc) is 2.90. The molecular weight excluding hydrogens is 304 g/mol. The maximum absolute atomic E-state index is 12.5. The summed E-state index contributed by atoms with van der Waals surface area (Å²) in [4.78, 5) is 38.1. The second-order valence-corrected chi connectivity index (χ2v) is 6.05. The molecule has 1 fully saturated rings. The number of nitrogens with zero attached hydrogens (tertiary/aromatic N) is 2. The summed E-state index contributed by atoms with van der Waals surface area (Å²) < 4.78 is 0. The number of carboxylic acid groups (broad SMARTS) is 1. The summed E-state index contributed by atoms with van der Waals surface area (Å²) in [6, 6.07) is 8.26. The Kier molecular flexibility index (Phi) is 5.43. The molecule has 1 aliphatic heterocycles. The molecule has 0 bridgehead atoms. The minimum atomic E-state index is -1.06. The molecular formula is C15H18N2O4S. The smallest absolute Gasteiger partial charge is 0.326 e. The van der Waals surface area contributed by atoms with Crippen molar-refractivity contribution in [2.75, 3.05) is 18.2 Å². The fourth-order valence-corrected chi connectivity index (χ4v) is 3.05.